The van der Waals surface area contributed by atoms with Crippen molar-refractivity contribution in [2.24, 2.45) is 11.8 Å². The second-order valence-corrected chi connectivity index (χ2v) is 5.83. The monoisotopic (exact) mass is 274 g/mol. The average Bonchev–Trinajstić information content (AvgIpc) is 3.35. The standard InChI is InChI=1S/C16H22N2O2/c1-17-15(19)10-20-14-4-2-3-13(9-14)18-16(11-5-6-11)12-7-8-12/h2-4,9,11-12,16,18H,5-8,10H2,1H3,(H,17,19). The average molecular weight is 274 g/mol. The summed E-state index contributed by atoms with van der Waals surface area (Å²) >= 11 is 0. The highest BCUT2D eigenvalue weighted by molar-refractivity contribution is 5.77. The molecule has 0 radical (unpaired) electrons. The number of hydrogen-bond donors (Lipinski definition) is 2. The Morgan fingerprint density at radius 3 is 2.60 bits per heavy atom. The number of amides is 1. The fraction of sp³-hybridized carbons (Fsp3) is 0.562. The third-order valence-corrected chi connectivity index (χ3v) is 4.08. The highest BCUT2D eigenvalue weighted by atomic mass is 16.5. The van der Waals surface area contributed by atoms with Crippen molar-refractivity contribution in [2.75, 3.05) is 19.0 Å². The third-order valence-electron chi connectivity index (χ3n) is 4.08. The molecule has 2 aliphatic rings. The summed E-state index contributed by atoms with van der Waals surface area (Å²) in [6.45, 7) is 0.0641. The lowest BCUT2D eigenvalue weighted by molar-refractivity contribution is -0.122. The summed E-state index contributed by atoms with van der Waals surface area (Å²) in [6, 6.07) is 8.55. The Hall–Kier alpha value is -1.71. The Morgan fingerprint density at radius 1 is 1.30 bits per heavy atom. The zero-order valence-electron chi connectivity index (χ0n) is 11.9. The van der Waals surface area contributed by atoms with Crippen LogP contribution in [0.25, 0.3) is 0 Å². The Kier molecular flexibility index (Phi) is 3.81. The maximum atomic E-state index is 11.2. The molecule has 2 fully saturated rings. The highest BCUT2D eigenvalue weighted by Crippen LogP contribution is 2.45. The van der Waals surface area contributed by atoms with E-state index >= 15 is 0 Å². The Labute approximate surface area is 119 Å². The first kappa shape index (κ1) is 13.3. The topological polar surface area (TPSA) is 50.4 Å². The molecule has 1 aromatic carbocycles. The first-order chi connectivity index (χ1) is 9.76. The van der Waals surface area contributed by atoms with Crippen molar-refractivity contribution in [3.8, 4) is 5.75 Å². The van der Waals surface area contributed by atoms with E-state index in [0.29, 0.717) is 6.04 Å². The number of likely N-dealkylation sites (N-methyl/N-ethyl adjacent to an activating group) is 1. The van der Waals surface area contributed by atoms with Gasteiger partial charge >= 0.3 is 0 Å². The van der Waals surface area contributed by atoms with E-state index in [1.807, 2.05) is 18.2 Å². The number of carbonyl (C=O) groups excluding carboxylic acids is 1. The summed E-state index contributed by atoms with van der Waals surface area (Å²) < 4.78 is 5.48. The van der Waals surface area contributed by atoms with Gasteiger partial charge in [-0.05, 0) is 49.7 Å². The normalized spacial score (nSPS) is 17.9. The summed E-state index contributed by atoms with van der Waals surface area (Å²) in [4.78, 5) is 11.2. The van der Waals surface area contributed by atoms with Gasteiger partial charge in [-0.3, -0.25) is 4.79 Å². The summed E-state index contributed by atoms with van der Waals surface area (Å²) in [5, 5.41) is 6.21. The van der Waals surface area contributed by atoms with Crippen LogP contribution in [0.5, 0.6) is 5.75 Å². The van der Waals surface area contributed by atoms with Gasteiger partial charge in [0, 0.05) is 24.8 Å². The fourth-order valence-corrected chi connectivity index (χ4v) is 2.62. The molecule has 0 atom stereocenters. The molecule has 0 aliphatic heterocycles. The molecule has 108 valence electrons. The van der Waals surface area contributed by atoms with E-state index in [4.69, 9.17) is 4.74 Å². The van der Waals surface area contributed by atoms with Crippen molar-refractivity contribution in [2.45, 2.75) is 31.7 Å². The molecule has 2 N–H and O–H groups in total. The zero-order chi connectivity index (χ0) is 13.9. The van der Waals surface area contributed by atoms with Gasteiger partial charge in [0.25, 0.3) is 5.91 Å². The van der Waals surface area contributed by atoms with Crippen LogP contribution in [0, 0.1) is 11.8 Å². The molecule has 1 amide bonds. The van der Waals surface area contributed by atoms with Crippen LogP contribution in [0.4, 0.5) is 5.69 Å². The molecular weight excluding hydrogens is 252 g/mol. The lowest BCUT2D eigenvalue weighted by atomic mass is 10.1. The maximum Gasteiger partial charge on any atom is 0.257 e. The van der Waals surface area contributed by atoms with Crippen molar-refractivity contribution in [3.05, 3.63) is 24.3 Å². The fourth-order valence-electron chi connectivity index (χ4n) is 2.62. The largest absolute Gasteiger partial charge is 0.484 e. The van der Waals surface area contributed by atoms with Crippen LogP contribution in [-0.4, -0.2) is 25.6 Å². The van der Waals surface area contributed by atoms with Gasteiger partial charge in [0.2, 0.25) is 0 Å². The Bertz CT molecular complexity index is 469. The van der Waals surface area contributed by atoms with Crippen LogP contribution in [0.1, 0.15) is 25.7 Å². The van der Waals surface area contributed by atoms with Crippen LogP contribution < -0.4 is 15.4 Å². The number of nitrogens with one attached hydrogen (secondary N) is 2. The van der Waals surface area contributed by atoms with Gasteiger partial charge in [0.1, 0.15) is 5.75 Å². The summed E-state index contributed by atoms with van der Waals surface area (Å²) in [7, 11) is 1.61. The summed E-state index contributed by atoms with van der Waals surface area (Å²) in [5.74, 6) is 2.34. The van der Waals surface area contributed by atoms with E-state index < -0.39 is 0 Å². The smallest absolute Gasteiger partial charge is 0.257 e. The molecule has 20 heavy (non-hydrogen) atoms. The van der Waals surface area contributed by atoms with Gasteiger partial charge in [-0.25, -0.2) is 0 Å². The van der Waals surface area contributed by atoms with E-state index in [9.17, 15) is 4.79 Å². The number of anilines is 1. The molecule has 2 saturated carbocycles. The van der Waals surface area contributed by atoms with E-state index in [1.54, 1.807) is 7.05 Å². The summed E-state index contributed by atoms with van der Waals surface area (Å²) in [5.41, 5.74) is 1.10. The SMILES string of the molecule is CNC(=O)COc1cccc(NC(C2CC2)C2CC2)c1. The maximum absolute atomic E-state index is 11.2. The number of carbonyl (C=O) groups is 1. The van der Waals surface area contributed by atoms with Crippen molar-refractivity contribution in [3.63, 3.8) is 0 Å². The number of hydrogen-bond acceptors (Lipinski definition) is 3. The van der Waals surface area contributed by atoms with Gasteiger partial charge in [0.05, 0.1) is 0 Å². The predicted octanol–water partition coefficient (Wildman–Crippen LogP) is 2.41. The molecule has 2 aliphatic carbocycles. The highest BCUT2D eigenvalue weighted by Gasteiger charge is 2.41. The minimum Gasteiger partial charge on any atom is -0.484 e. The van der Waals surface area contributed by atoms with E-state index in [1.165, 1.54) is 25.7 Å². The van der Waals surface area contributed by atoms with Gasteiger partial charge in [-0.2, -0.15) is 0 Å². The molecule has 0 aromatic heterocycles. The molecule has 1 aromatic rings. The molecule has 0 unspecified atom stereocenters. The van der Waals surface area contributed by atoms with Gasteiger partial charge in [-0.1, -0.05) is 6.07 Å². The van der Waals surface area contributed by atoms with Crippen molar-refractivity contribution >= 4 is 11.6 Å². The lowest BCUT2D eigenvalue weighted by Gasteiger charge is -2.19. The Morgan fingerprint density at radius 2 is 2.00 bits per heavy atom. The number of benzene rings is 1. The van der Waals surface area contributed by atoms with E-state index in [0.717, 1.165) is 23.3 Å². The number of ether oxygens (including phenoxy) is 1. The van der Waals surface area contributed by atoms with E-state index in [-0.39, 0.29) is 12.5 Å². The van der Waals surface area contributed by atoms with Crippen molar-refractivity contribution in [1.82, 2.24) is 5.32 Å². The molecular formula is C16H22N2O2. The summed E-state index contributed by atoms with van der Waals surface area (Å²) in [6.07, 6.45) is 5.45. The second kappa shape index (κ2) is 5.73. The molecule has 3 rings (SSSR count). The third kappa shape index (κ3) is 3.44. The minimum atomic E-state index is -0.114. The second-order valence-electron chi connectivity index (χ2n) is 5.83. The zero-order valence-corrected chi connectivity index (χ0v) is 11.9. The molecule has 0 saturated heterocycles. The molecule has 0 heterocycles. The quantitative estimate of drug-likeness (QED) is 0.803. The van der Waals surface area contributed by atoms with E-state index in [2.05, 4.69) is 16.7 Å². The van der Waals surface area contributed by atoms with Gasteiger partial charge in [0.15, 0.2) is 6.61 Å². The van der Waals surface area contributed by atoms with Crippen LogP contribution in [-0.2, 0) is 4.79 Å². The van der Waals surface area contributed by atoms with Gasteiger partial charge < -0.3 is 15.4 Å². The molecule has 4 nitrogen and oxygen atoms in total. The predicted molar refractivity (Wildman–Crippen MR) is 78.9 cm³/mol. The molecule has 4 heteroatoms. The Balaban J connectivity index is 1.59. The van der Waals surface area contributed by atoms with Crippen molar-refractivity contribution < 1.29 is 9.53 Å². The lowest BCUT2D eigenvalue weighted by Crippen LogP contribution is -2.25. The number of rotatable bonds is 7. The minimum absolute atomic E-state index is 0.0641. The molecule has 0 bridgehead atoms. The van der Waals surface area contributed by atoms with Crippen LogP contribution >= 0.6 is 0 Å². The van der Waals surface area contributed by atoms with Crippen molar-refractivity contribution in [1.29, 1.82) is 0 Å². The molecule has 0 spiro atoms. The van der Waals surface area contributed by atoms with Crippen LogP contribution in [0.2, 0.25) is 0 Å². The van der Waals surface area contributed by atoms with Gasteiger partial charge in [-0.15, -0.1) is 0 Å². The first-order valence-electron chi connectivity index (χ1n) is 7.46. The van der Waals surface area contributed by atoms with Crippen LogP contribution in [0.15, 0.2) is 24.3 Å². The first-order valence-corrected chi connectivity index (χ1v) is 7.46. The van der Waals surface area contributed by atoms with Crippen LogP contribution in [0.3, 0.4) is 0 Å².